The lowest BCUT2D eigenvalue weighted by Crippen LogP contribution is -2.43. The van der Waals surface area contributed by atoms with Gasteiger partial charge in [-0.15, -0.1) is 11.3 Å². The summed E-state index contributed by atoms with van der Waals surface area (Å²) in [5.74, 6) is -0.307. The first-order valence-corrected chi connectivity index (χ1v) is 9.10. The second-order valence-electron chi connectivity index (χ2n) is 6.26. The third kappa shape index (κ3) is 3.02. The number of nitrogens with zero attached hydrogens (tertiary/aromatic N) is 2. The topological polar surface area (TPSA) is 78.1 Å². The van der Waals surface area contributed by atoms with Gasteiger partial charge in [0.1, 0.15) is 11.7 Å². The molecule has 128 valence electrons. The molecule has 0 unspecified atom stereocenters. The van der Waals surface area contributed by atoms with Crippen molar-refractivity contribution in [2.45, 2.75) is 25.8 Å². The van der Waals surface area contributed by atoms with Crippen molar-refractivity contribution < 1.29 is 9.59 Å². The van der Waals surface area contributed by atoms with Crippen molar-refractivity contribution in [1.29, 1.82) is 0 Å². The molecule has 7 heteroatoms. The first-order chi connectivity index (χ1) is 12.1. The fourth-order valence-electron chi connectivity index (χ4n) is 3.27. The molecule has 0 aliphatic carbocycles. The number of aryl methyl sites for hydroxylation is 1. The van der Waals surface area contributed by atoms with E-state index >= 15 is 0 Å². The van der Waals surface area contributed by atoms with Gasteiger partial charge in [-0.25, -0.2) is 4.98 Å². The summed E-state index contributed by atoms with van der Waals surface area (Å²) in [7, 11) is 0. The normalized spacial score (nSPS) is 17.2. The molecule has 0 spiro atoms. The van der Waals surface area contributed by atoms with Gasteiger partial charge in [-0.1, -0.05) is 12.1 Å². The number of aromatic amines is 1. The molecule has 1 fully saturated rings. The van der Waals surface area contributed by atoms with Crippen molar-refractivity contribution in [3.8, 4) is 0 Å². The van der Waals surface area contributed by atoms with Gasteiger partial charge < -0.3 is 15.2 Å². The predicted octanol–water partition coefficient (Wildman–Crippen LogP) is 3.18. The van der Waals surface area contributed by atoms with Gasteiger partial charge in [0.05, 0.1) is 0 Å². The smallest absolute Gasteiger partial charge is 0.270 e. The van der Waals surface area contributed by atoms with Crippen LogP contribution in [0.15, 0.2) is 35.8 Å². The quantitative estimate of drug-likeness (QED) is 0.758. The summed E-state index contributed by atoms with van der Waals surface area (Å²) in [6.07, 6.45) is 3.13. The molecule has 1 aliphatic rings. The maximum Gasteiger partial charge on any atom is 0.270 e. The highest BCUT2D eigenvalue weighted by atomic mass is 32.1. The van der Waals surface area contributed by atoms with Crippen LogP contribution in [0.1, 0.15) is 28.9 Å². The molecule has 1 saturated heterocycles. The van der Waals surface area contributed by atoms with Gasteiger partial charge in [-0.05, 0) is 37.5 Å². The molecule has 1 aromatic carbocycles. The fraction of sp³-hybridized carbons (Fsp3) is 0.278. The minimum absolute atomic E-state index is 0.134. The van der Waals surface area contributed by atoms with Crippen molar-refractivity contribution in [3.05, 3.63) is 47.1 Å². The largest absolute Gasteiger partial charge is 0.351 e. The molecule has 0 bridgehead atoms. The number of likely N-dealkylation sites (tertiary alicyclic amines) is 1. The zero-order valence-electron chi connectivity index (χ0n) is 13.8. The third-order valence-electron chi connectivity index (χ3n) is 4.49. The number of rotatable bonds is 3. The van der Waals surface area contributed by atoms with Gasteiger partial charge in [-0.2, -0.15) is 0 Å². The van der Waals surface area contributed by atoms with Gasteiger partial charge in [-0.3, -0.25) is 9.59 Å². The monoisotopic (exact) mass is 354 g/mol. The van der Waals surface area contributed by atoms with E-state index in [4.69, 9.17) is 0 Å². The maximum absolute atomic E-state index is 12.9. The Morgan fingerprint density at radius 1 is 1.36 bits per heavy atom. The highest BCUT2D eigenvalue weighted by Crippen LogP contribution is 2.24. The number of amides is 2. The van der Waals surface area contributed by atoms with Crippen LogP contribution in [-0.2, 0) is 4.79 Å². The lowest BCUT2D eigenvalue weighted by atomic mass is 10.2. The lowest BCUT2D eigenvalue weighted by molar-refractivity contribution is -0.119. The minimum Gasteiger partial charge on any atom is -0.351 e. The summed E-state index contributed by atoms with van der Waals surface area (Å²) in [5.41, 5.74) is 2.59. The average molecular weight is 354 g/mol. The van der Waals surface area contributed by atoms with Crippen molar-refractivity contribution in [2.75, 3.05) is 11.9 Å². The number of aromatic nitrogens is 2. The molecule has 6 nitrogen and oxygen atoms in total. The Kier molecular flexibility index (Phi) is 4.01. The van der Waals surface area contributed by atoms with E-state index in [1.807, 2.05) is 31.2 Å². The Morgan fingerprint density at radius 3 is 3.04 bits per heavy atom. The number of carbonyl (C=O) groups is 2. The van der Waals surface area contributed by atoms with Crippen LogP contribution < -0.4 is 5.32 Å². The van der Waals surface area contributed by atoms with Gasteiger partial charge in [0, 0.05) is 29.0 Å². The number of hydrogen-bond acceptors (Lipinski definition) is 4. The molecule has 25 heavy (non-hydrogen) atoms. The maximum atomic E-state index is 12.9. The van der Waals surface area contributed by atoms with Gasteiger partial charge in [0.15, 0.2) is 5.13 Å². The zero-order chi connectivity index (χ0) is 17.4. The number of fused-ring (bicyclic) bond motifs is 1. The highest BCUT2D eigenvalue weighted by molar-refractivity contribution is 7.13. The first-order valence-electron chi connectivity index (χ1n) is 8.22. The van der Waals surface area contributed by atoms with Crippen molar-refractivity contribution in [1.82, 2.24) is 14.9 Å². The van der Waals surface area contributed by atoms with Crippen molar-refractivity contribution in [2.24, 2.45) is 0 Å². The minimum atomic E-state index is -0.454. The molecule has 2 amide bonds. The summed E-state index contributed by atoms with van der Waals surface area (Å²) in [5, 5.41) is 6.16. The Labute approximate surface area is 148 Å². The highest BCUT2D eigenvalue weighted by Gasteiger charge is 2.35. The summed E-state index contributed by atoms with van der Waals surface area (Å²) in [6, 6.07) is 7.43. The number of benzene rings is 1. The number of nitrogens with one attached hydrogen (secondary N) is 2. The van der Waals surface area contributed by atoms with E-state index in [0.717, 1.165) is 22.9 Å². The Bertz CT molecular complexity index is 932. The van der Waals surface area contributed by atoms with Crippen molar-refractivity contribution in [3.63, 3.8) is 0 Å². The summed E-state index contributed by atoms with van der Waals surface area (Å²) < 4.78 is 0. The van der Waals surface area contributed by atoms with E-state index < -0.39 is 6.04 Å². The number of hydrogen-bond donors (Lipinski definition) is 2. The Hall–Kier alpha value is -2.67. The Balaban J connectivity index is 1.56. The molecular weight excluding hydrogens is 336 g/mol. The molecule has 4 rings (SSSR count). The number of anilines is 1. The van der Waals surface area contributed by atoms with E-state index in [2.05, 4.69) is 15.3 Å². The number of thiazole rings is 1. The van der Waals surface area contributed by atoms with Crippen LogP contribution in [0.4, 0.5) is 5.13 Å². The van der Waals surface area contributed by atoms with E-state index in [1.165, 1.54) is 11.3 Å². The molecule has 0 saturated carbocycles. The van der Waals surface area contributed by atoms with E-state index in [0.29, 0.717) is 23.8 Å². The number of carbonyl (C=O) groups excluding carboxylic acids is 2. The third-order valence-corrected chi connectivity index (χ3v) is 5.18. The van der Waals surface area contributed by atoms with E-state index in [-0.39, 0.29) is 11.8 Å². The average Bonchev–Trinajstić information content (AvgIpc) is 3.33. The van der Waals surface area contributed by atoms with E-state index in [9.17, 15) is 9.59 Å². The Morgan fingerprint density at radius 2 is 2.24 bits per heavy atom. The molecular formula is C18H18N4O2S. The van der Waals surface area contributed by atoms with E-state index in [1.54, 1.807) is 16.5 Å². The summed E-state index contributed by atoms with van der Waals surface area (Å²) in [6.45, 7) is 2.60. The molecule has 2 N–H and O–H groups in total. The molecule has 2 aromatic heterocycles. The van der Waals surface area contributed by atoms with Crippen LogP contribution in [0.25, 0.3) is 10.9 Å². The summed E-state index contributed by atoms with van der Waals surface area (Å²) in [4.78, 5) is 34.4. The number of H-pyrrole nitrogens is 1. The second kappa shape index (κ2) is 6.33. The SMILES string of the molecule is Cc1ccc2cc(C(=O)N3CCC[C@H]3C(=O)Nc3nccs3)[nH]c2c1. The van der Waals surface area contributed by atoms with Crippen molar-refractivity contribution >= 4 is 39.2 Å². The van der Waals surface area contributed by atoms with Gasteiger partial charge in [0.25, 0.3) is 5.91 Å². The fourth-order valence-corrected chi connectivity index (χ4v) is 3.80. The summed E-state index contributed by atoms with van der Waals surface area (Å²) >= 11 is 1.37. The van der Waals surface area contributed by atoms with Crippen LogP contribution in [0.5, 0.6) is 0 Å². The predicted molar refractivity (Wildman–Crippen MR) is 97.8 cm³/mol. The van der Waals surface area contributed by atoms with Crippen LogP contribution in [0, 0.1) is 6.92 Å². The standard InChI is InChI=1S/C18H18N4O2S/c1-11-4-5-12-10-14(20-13(12)9-11)17(24)22-7-2-3-15(22)16(23)21-18-19-6-8-25-18/h4-6,8-10,15,20H,2-3,7H2,1H3,(H,19,21,23)/t15-/m0/s1. The first kappa shape index (κ1) is 15.8. The van der Waals surface area contributed by atoms with Crippen LogP contribution in [-0.4, -0.2) is 39.3 Å². The van der Waals surface area contributed by atoms with Gasteiger partial charge in [0.2, 0.25) is 5.91 Å². The van der Waals surface area contributed by atoms with Gasteiger partial charge >= 0.3 is 0 Å². The van der Waals surface area contributed by atoms with Crippen LogP contribution in [0.2, 0.25) is 0 Å². The molecule has 3 aromatic rings. The zero-order valence-corrected chi connectivity index (χ0v) is 14.6. The molecule has 3 heterocycles. The van der Waals surface area contributed by atoms with Crippen LogP contribution in [0.3, 0.4) is 0 Å². The molecule has 0 radical (unpaired) electrons. The lowest BCUT2D eigenvalue weighted by Gasteiger charge is -2.23. The molecule has 1 aliphatic heterocycles. The molecule has 1 atom stereocenters. The van der Waals surface area contributed by atoms with Crippen LogP contribution >= 0.6 is 11.3 Å². The second-order valence-corrected chi connectivity index (χ2v) is 7.15.